The largest absolute Gasteiger partial charge is 0.329 e. The van der Waals surface area contributed by atoms with Crippen molar-refractivity contribution >= 4 is 38.5 Å². The summed E-state index contributed by atoms with van der Waals surface area (Å²) in [6.07, 6.45) is 4.26. The molecule has 0 radical (unpaired) electrons. The number of benzene rings is 2. The van der Waals surface area contributed by atoms with Crippen LogP contribution in [0.4, 0.5) is 5.69 Å². The standard InChI is InChI=1S/C24H29N5O4S/c1-2-15-28-20-11-5-6-12-21(20)29(24(28)31)17-23(30)26-18-9-8-10-19(16-18)34(32,33)27-22-13-4-3-7-14-25-22/h5-6,8-12,16H,2-4,7,13-15,17H2,1H3,(H,25,27)(H,26,30). The number of amides is 1. The number of sulfonamides is 1. The Balaban J connectivity index is 1.52. The summed E-state index contributed by atoms with van der Waals surface area (Å²) in [7, 11) is -3.82. The first-order chi connectivity index (χ1) is 16.4. The van der Waals surface area contributed by atoms with Crippen molar-refractivity contribution in [3.63, 3.8) is 0 Å². The molecule has 0 unspecified atom stereocenters. The normalized spacial score (nSPS) is 14.4. The van der Waals surface area contributed by atoms with E-state index < -0.39 is 15.9 Å². The maximum atomic E-state index is 12.9. The van der Waals surface area contributed by atoms with Gasteiger partial charge in [0.05, 0.1) is 15.9 Å². The maximum absolute atomic E-state index is 12.9. The molecule has 0 bridgehead atoms. The molecule has 0 atom stereocenters. The second-order valence-corrected chi connectivity index (χ2v) is 10.0. The Morgan fingerprint density at radius 2 is 1.79 bits per heavy atom. The first-order valence-corrected chi connectivity index (χ1v) is 13.0. The van der Waals surface area contributed by atoms with E-state index in [4.69, 9.17) is 0 Å². The third-order valence-electron chi connectivity index (χ3n) is 5.73. The van der Waals surface area contributed by atoms with Gasteiger partial charge in [0.15, 0.2) is 0 Å². The molecule has 34 heavy (non-hydrogen) atoms. The predicted octanol–water partition coefficient (Wildman–Crippen LogP) is 3.10. The highest BCUT2D eigenvalue weighted by molar-refractivity contribution is 7.90. The Morgan fingerprint density at radius 1 is 1.03 bits per heavy atom. The van der Waals surface area contributed by atoms with Gasteiger partial charge >= 0.3 is 5.69 Å². The third-order valence-corrected chi connectivity index (χ3v) is 7.11. The summed E-state index contributed by atoms with van der Waals surface area (Å²) >= 11 is 0. The molecule has 1 aromatic heterocycles. The lowest BCUT2D eigenvalue weighted by Crippen LogP contribution is -2.31. The number of hydrogen-bond donors (Lipinski definition) is 2. The molecule has 2 N–H and O–H groups in total. The van der Waals surface area contributed by atoms with Gasteiger partial charge in [-0.1, -0.05) is 31.5 Å². The van der Waals surface area contributed by atoms with E-state index in [1.165, 1.54) is 16.7 Å². The number of nitrogens with zero attached hydrogens (tertiary/aromatic N) is 3. The van der Waals surface area contributed by atoms with Gasteiger partial charge in [-0.15, -0.1) is 0 Å². The van der Waals surface area contributed by atoms with Crippen LogP contribution in [0.25, 0.3) is 11.0 Å². The third kappa shape index (κ3) is 5.22. The SMILES string of the molecule is CCCn1c(=O)n(CC(=O)Nc2cccc(S(=O)(=O)NC3=NCCCCC3)c2)c2ccccc21. The van der Waals surface area contributed by atoms with Crippen LogP contribution in [0.3, 0.4) is 0 Å². The summed E-state index contributed by atoms with van der Waals surface area (Å²) in [6.45, 7) is 2.99. The van der Waals surface area contributed by atoms with E-state index >= 15 is 0 Å². The van der Waals surface area contributed by atoms with Crippen LogP contribution < -0.4 is 15.7 Å². The molecule has 1 amide bonds. The Hall–Kier alpha value is -3.40. The number of amidine groups is 1. The summed E-state index contributed by atoms with van der Waals surface area (Å²) in [4.78, 5) is 30.1. The molecule has 9 nitrogen and oxygen atoms in total. The summed E-state index contributed by atoms with van der Waals surface area (Å²) in [5, 5.41) is 2.72. The van der Waals surface area contributed by atoms with E-state index in [-0.39, 0.29) is 17.1 Å². The molecule has 180 valence electrons. The quantitative estimate of drug-likeness (QED) is 0.537. The van der Waals surface area contributed by atoms with Gasteiger partial charge < -0.3 is 5.32 Å². The molecule has 1 aliphatic heterocycles. The smallest absolute Gasteiger partial charge is 0.324 e. The van der Waals surface area contributed by atoms with Gasteiger partial charge in [-0.05, 0) is 49.6 Å². The van der Waals surface area contributed by atoms with E-state index in [2.05, 4.69) is 15.0 Å². The highest BCUT2D eigenvalue weighted by Crippen LogP contribution is 2.18. The Labute approximate surface area is 198 Å². The topological polar surface area (TPSA) is 115 Å². The van der Waals surface area contributed by atoms with Crippen LogP contribution >= 0.6 is 0 Å². The lowest BCUT2D eigenvalue weighted by atomic mass is 10.2. The van der Waals surface area contributed by atoms with Crippen molar-refractivity contribution in [2.75, 3.05) is 11.9 Å². The maximum Gasteiger partial charge on any atom is 0.329 e. The highest BCUT2D eigenvalue weighted by atomic mass is 32.2. The van der Waals surface area contributed by atoms with Crippen molar-refractivity contribution < 1.29 is 13.2 Å². The zero-order valence-corrected chi connectivity index (χ0v) is 20.0. The van der Waals surface area contributed by atoms with Gasteiger partial charge in [-0.3, -0.25) is 23.6 Å². The van der Waals surface area contributed by atoms with Gasteiger partial charge in [0.1, 0.15) is 12.4 Å². The monoisotopic (exact) mass is 483 g/mol. The number of carbonyl (C=O) groups excluding carboxylic acids is 1. The molecule has 0 saturated heterocycles. The van der Waals surface area contributed by atoms with Crippen LogP contribution in [0, 0.1) is 0 Å². The number of imidazole rings is 1. The van der Waals surface area contributed by atoms with Crippen LogP contribution in [-0.4, -0.2) is 35.8 Å². The Bertz CT molecular complexity index is 1390. The van der Waals surface area contributed by atoms with E-state index in [0.29, 0.717) is 36.6 Å². The molecule has 1 aliphatic rings. The number of aliphatic imine (C=N–C) groups is 1. The molecule has 10 heteroatoms. The number of anilines is 1. The van der Waals surface area contributed by atoms with Crippen molar-refractivity contribution in [1.29, 1.82) is 0 Å². The van der Waals surface area contributed by atoms with E-state index in [9.17, 15) is 18.0 Å². The second-order valence-electron chi connectivity index (χ2n) is 8.33. The van der Waals surface area contributed by atoms with Crippen LogP contribution in [0.1, 0.15) is 39.0 Å². The molecule has 0 fully saturated rings. The van der Waals surface area contributed by atoms with Crippen molar-refractivity contribution in [2.24, 2.45) is 4.99 Å². The Kier molecular flexibility index (Phi) is 7.16. The van der Waals surface area contributed by atoms with Crippen molar-refractivity contribution in [3.05, 3.63) is 59.0 Å². The van der Waals surface area contributed by atoms with Gasteiger partial charge in [0.2, 0.25) is 5.91 Å². The molecule has 0 saturated carbocycles. The van der Waals surface area contributed by atoms with Gasteiger partial charge in [-0.2, -0.15) is 0 Å². The van der Waals surface area contributed by atoms with Crippen molar-refractivity contribution in [1.82, 2.24) is 13.9 Å². The lowest BCUT2D eigenvalue weighted by Gasteiger charge is -2.11. The number of nitrogens with one attached hydrogen (secondary N) is 2. The Morgan fingerprint density at radius 3 is 2.56 bits per heavy atom. The number of hydrogen-bond acceptors (Lipinski definition) is 5. The minimum absolute atomic E-state index is 0.0361. The number of carbonyl (C=O) groups is 1. The fourth-order valence-corrected chi connectivity index (χ4v) is 5.26. The molecular weight excluding hydrogens is 454 g/mol. The lowest BCUT2D eigenvalue weighted by molar-refractivity contribution is -0.116. The van der Waals surface area contributed by atoms with Crippen LogP contribution in [-0.2, 0) is 27.9 Å². The number of fused-ring (bicyclic) bond motifs is 1. The van der Waals surface area contributed by atoms with Crippen LogP contribution in [0.15, 0.2) is 63.2 Å². The summed E-state index contributed by atoms with van der Waals surface area (Å²) in [5.41, 5.74) is 1.55. The minimum atomic E-state index is -3.82. The molecule has 3 aromatic rings. The van der Waals surface area contributed by atoms with Crippen LogP contribution in [0.2, 0.25) is 0 Å². The number of aryl methyl sites for hydroxylation is 1. The zero-order chi connectivity index (χ0) is 24.1. The average molecular weight is 484 g/mol. The predicted molar refractivity (Wildman–Crippen MR) is 133 cm³/mol. The second kappa shape index (κ2) is 10.3. The first-order valence-electron chi connectivity index (χ1n) is 11.5. The number of para-hydroxylation sites is 2. The molecule has 0 aliphatic carbocycles. The van der Waals surface area contributed by atoms with E-state index in [0.717, 1.165) is 31.2 Å². The molecular formula is C24H29N5O4S. The van der Waals surface area contributed by atoms with Gasteiger partial charge in [-0.25, -0.2) is 13.2 Å². The van der Waals surface area contributed by atoms with Crippen molar-refractivity contribution in [3.8, 4) is 0 Å². The summed E-state index contributed by atoms with van der Waals surface area (Å²) in [6, 6.07) is 13.4. The number of rotatable bonds is 7. The molecule has 2 heterocycles. The molecule has 2 aromatic carbocycles. The first kappa shape index (κ1) is 23.7. The average Bonchev–Trinajstić information content (AvgIpc) is 2.97. The fourth-order valence-electron chi connectivity index (χ4n) is 4.12. The summed E-state index contributed by atoms with van der Waals surface area (Å²) in [5.74, 6) is 0.0481. The van der Waals surface area contributed by atoms with Crippen molar-refractivity contribution in [2.45, 2.75) is 57.0 Å². The fraction of sp³-hybridized carbons (Fsp3) is 0.375. The summed E-state index contributed by atoms with van der Waals surface area (Å²) < 4.78 is 31.4. The van der Waals surface area contributed by atoms with Gasteiger partial charge in [0.25, 0.3) is 10.0 Å². The number of aromatic nitrogens is 2. The van der Waals surface area contributed by atoms with Crippen LogP contribution in [0.5, 0.6) is 0 Å². The van der Waals surface area contributed by atoms with E-state index in [1.807, 2.05) is 31.2 Å². The zero-order valence-electron chi connectivity index (χ0n) is 19.2. The molecule has 4 rings (SSSR count). The minimum Gasteiger partial charge on any atom is -0.324 e. The highest BCUT2D eigenvalue weighted by Gasteiger charge is 2.19. The van der Waals surface area contributed by atoms with Gasteiger partial charge in [0, 0.05) is 25.2 Å². The van der Waals surface area contributed by atoms with E-state index in [1.54, 1.807) is 16.7 Å². The molecule has 0 spiro atoms.